The van der Waals surface area contributed by atoms with Gasteiger partial charge in [0.25, 0.3) is 5.91 Å². The van der Waals surface area contributed by atoms with E-state index in [9.17, 15) is 14.7 Å². The van der Waals surface area contributed by atoms with Gasteiger partial charge in [0.2, 0.25) is 0 Å². The predicted molar refractivity (Wildman–Crippen MR) is 79.8 cm³/mol. The number of aliphatic carboxylic acids is 1. The van der Waals surface area contributed by atoms with Crippen LogP contribution >= 0.6 is 0 Å². The fourth-order valence-corrected chi connectivity index (χ4v) is 2.58. The van der Waals surface area contributed by atoms with Crippen molar-refractivity contribution < 1.29 is 24.2 Å². The van der Waals surface area contributed by atoms with E-state index >= 15 is 0 Å². The van der Waals surface area contributed by atoms with Gasteiger partial charge in [-0.1, -0.05) is 12.1 Å². The maximum Gasteiger partial charge on any atom is 0.326 e. The molecular formula is C16H18N2O5. The van der Waals surface area contributed by atoms with Crippen molar-refractivity contribution in [2.75, 3.05) is 13.7 Å². The van der Waals surface area contributed by atoms with Gasteiger partial charge in [0.1, 0.15) is 17.9 Å². The lowest BCUT2D eigenvalue weighted by atomic mass is 10.2. The lowest BCUT2D eigenvalue weighted by Crippen LogP contribution is -2.46. The molecule has 0 radical (unpaired) electrons. The molecule has 3 atom stereocenters. The van der Waals surface area contributed by atoms with Gasteiger partial charge in [-0.3, -0.25) is 4.79 Å². The van der Waals surface area contributed by atoms with E-state index in [-0.39, 0.29) is 19.1 Å². The highest BCUT2D eigenvalue weighted by molar-refractivity contribution is 5.87. The molecule has 2 rings (SSSR count). The van der Waals surface area contributed by atoms with Crippen LogP contribution in [0.15, 0.2) is 24.3 Å². The van der Waals surface area contributed by atoms with Gasteiger partial charge in [0.15, 0.2) is 6.10 Å². The molecule has 122 valence electrons. The van der Waals surface area contributed by atoms with Crippen molar-refractivity contribution in [1.29, 1.82) is 5.26 Å². The van der Waals surface area contributed by atoms with Gasteiger partial charge in [-0.2, -0.15) is 5.26 Å². The normalized spacial score (nSPS) is 21.5. The van der Waals surface area contributed by atoms with Gasteiger partial charge in [-0.05, 0) is 19.1 Å². The first-order valence-electron chi connectivity index (χ1n) is 7.19. The number of nitriles is 1. The van der Waals surface area contributed by atoms with Crippen LogP contribution < -0.4 is 4.74 Å². The second-order valence-corrected chi connectivity index (χ2v) is 5.31. The van der Waals surface area contributed by atoms with E-state index in [0.717, 1.165) is 0 Å². The highest BCUT2D eigenvalue weighted by Crippen LogP contribution is 2.23. The molecule has 1 saturated heterocycles. The summed E-state index contributed by atoms with van der Waals surface area (Å²) in [4.78, 5) is 25.1. The summed E-state index contributed by atoms with van der Waals surface area (Å²) in [5.41, 5.74) is 0.318. The summed E-state index contributed by atoms with van der Waals surface area (Å²) in [5.74, 6) is -1.21. The Morgan fingerprint density at radius 3 is 2.74 bits per heavy atom. The minimum absolute atomic E-state index is 0.208. The fourth-order valence-electron chi connectivity index (χ4n) is 2.58. The van der Waals surface area contributed by atoms with Crippen LogP contribution in [0, 0.1) is 11.3 Å². The summed E-state index contributed by atoms with van der Waals surface area (Å²) >= 11 is 0. The van der Waals surface area contributed by atoms with Gasteiger partial charge in [0, 0.05) is 20.1 Å². The number of hydrogen-bond donors (Lipinski definition) is 1. The van der Waals surface area contributed by atoms with Crippen LogP contribution in [0.25, 0.3) is 0 Å². The Balaban J connectivity index is 2.12. The minimum Gasteiger partial charge on any atom is -0.480 e. The second-order valence-electron chi connectivity index (χ2n) is 5.31. The Kier molecular flexibility index (Phi) is 5.19. The lowest BCUT2D eigenvalue weighted by Gasteiger charge is -2.25. The zero-order chi connectivity index (χ0) is 17.0. The molecule has 0 spiro atoms. The number of benzene rings is 1. The first kappa shape index (κ1) is 16.8. The summed E-state index contributed by atoms with van der Waals surface area (Å²) in [6, 6.07) is 7.64. The summed E-state index contributed by atoms with van der Waals surface area (Å²) in [5, 5.41) is 18.3. The number of para-hydroxylation sites is 1. The van der Waals surface area contributed by atoms with Crippen molar-refractivity contribution >= 4 is 11.9 Å². The molecule has 1 amide bonds. The highest BCUT2D eigenvalue weighted by atomic mass is 16.5. The maximum absolute atomic E-state index is 12.5. The zero-order valence-electron chi connectivity index (χ0n) is 12.9. The molecule has 1 N–H and O–H groups in total. The Hall–Kier alpha value is -2.59. The number of carbonyl (C=O) groups excluding carboxylic acids is 1. The number of carboxylic acid groups (broad SMARTS) is 1. The molecule has 3 unspecified atom stereocenters. The number of rotatable bonds is 5. The fraction of sp³-hybridized carbons (Fsp3) is 0.438. The Labute approximate surface area is 134 Å². The van der Waals surface area contributed by atoms with Crippen LogP contribution in [0.5, 0.6) is 5.75 Å². The van der Waals surface area contributed by atoms with Crippen LogP contribution in [0.4, 0.5) is 0 Å². The van der Waals surface area contributed by atoms with E-state index in [2.05, 4.69) is 0 Å². The molecule has 7 nitrogen and oxygen atoms in total. The van der Waals surface area contributed by atoms with Gasteiger partial charge in [-0.15, -0.1) is 0 Å². The van der Waals surface area contributed by atoms with E-state index in [0.29, 0.717) is 11.3 Å². The quantitative estimate of drug-likeness (QED) is 0.870. The monoisotopic (exact) mass is 318 g/mol. The number of carbonyl (C=O) groups is 2. The van der Waals surface area contributed by atoms with Crippen molar-refractivity contribution in [1.82, 2.24) is 4.90 Å². The molecule has 1 aromatic carbocycles. The number of nitrogens with zero attached hydrogens (tertiary/aromatic N) is 2. The third kappa shape index (κ3) is 3.60. The van der Waals surface area contributed by atoms with Crippen LogP contribution in [0.3, 0.4) is 0 Å². The van der Waals surface area contributed by atoms with Crippen LogP contribution in [-0.4, -0.2) is 53.8 Å². The number of likely N-dealkylation sites (tertiary alicyclic amines) is 1. The molecule has 1 aliphatic heterocycles. The Bertz CT molecular complexity index is 640. The Morgan fingerprint density at radius 1 is 1.43 bits per heavy atom. The summed E-state index contributed by atoms with van der Waals surface area (Å²) in [7, 11) is 1.49. The molecule has 7 heteroatoms. The predicted octanol–water partition coefficient (Wildman–Crippen LogP) is 1.03. The molecule has 1 aliphatic rings. The average Bonchev–Trinajstić information content (AvgIpc) is 2.99. The molecule has 1 aromatic rings. The van der Waals surface area contributed by atoms with Crippen molar-refractivity contribution in [2.45, 2.75) is 31.6 Å². The number of methoxy groups -OCH3 is 1. The van der Waals surface area contributed by atoms with Crippen molar-refractivity contribution in [3.8, 4) is 11.8 Å². The second kappa shape index (κ2) is 7.11. The molecular weight excluding hydrogens is 300 g/mol. The lowest BCUT2D eigenvalue weighted by molar-refractivity contribution is -0.150. The van der Waals surface area contributed by atoms with Crippen molar-refractivity contribution in [3.63, 3.8) is 0 Å². The van der Waals surface area contributed by atoms with Crippen LogP contribution in [0.2, 0.25) is 0 Å². The molecule has 0 aliphatic carbocycles. The van der Waals surface area contributed by atoms with Crippen LogP contribution in [0.1, 0.15) is 18.9 Å². The van der Waals surface area contributed by atoms with E-state index < -0.39 is 24.0 Å². The molecule has 0 aromatic heterocycles. The van der Waals surface area contributed by atoms with Gasteiger partial charge in [-0.25, -0.2) is 4.79 Å². The SMILES string of the molecule is COC1CC(C(=O)O)N(C(=O)C(C)Oc2ccccc2C#N)C1. The van der Waals surface area contributed by atoms with E-state index in [1.165, 1.54) is 18.9 Å². The molecule has 0 bridgehead atoms. The van der Waals surface area contributed by atoms with E-state index in [1.54, 1.807) is 24.3 Å². The van der Waals surface area contributed by atoms with Crippen molar-refractivity contribution in [3.05, 3.63) is 29.8 Å². The molecule has 23 heavy (non-hydrogen) atoms. The zero-order valence-corrected chi connectivity index (χ0v) is 12.9. The van der Waals surface area contributed by atoms with E-state index in [4.69, 9.17) is 14.7 Å². The third-order valence-corrected chi connectivity index (χ3v) is 3.82. The largest absolute Gasteiger partial charge is 0.480 e. The third-order valence-electron chi connectivity index (χ3n) is 3.82. The van der Waals surface area contributed by atoms with Gasteiger partial charge in [0.05, 0.1) is 11.7 Å². The maximum atomic E-state index is 12.5. The van der Waals surface area contributed by atoms with Gasteiger partial charge >= 0.3 is 5.97 Å². The number of carboxylic acids is 1. The first-order chi connectivity index (χ1) is 11.0. The standard InChI is InChI=1S/C16H18N2O5/c1-10(23-14-6-4-3-5-11(14)8-17)15(19)18-9-12(22-2)7-13(18)16(20)21/h3-6,10,12-13H,7,9H2,1-2H3,(H,20,21). The summed E-state index contributed by atoms with van der Waals surface area (Å²) < 4.78 is 10.7. The van der Waals surface area contributed by atoms with Gasteiger partial charge < -0.3 is 19.5 Å². The van der Waals surface area contributed by atoms with Crippen LogP contribution in [-0.2, 0) is 14.3 Å². The number of amides is 1. The smallest absolute Gasteiger partial charge is 0.326 e. The topological polar surface area (TPSA) is 99.9 Å². The van der Waals surface area contributed by atoms with Crippen molar-refractivity contribution in [2.24, 2.45) is 0 Å². The Morgan fingerprint density at radius 2 is 2.13 bits per heavy atom. The average molecular weight is 318 g/mol. The summed E-state index contributed by atoms with van der Waals surface area (Å²) in [6.45, 7) is 1.75. The highest BCUT2D eigenvalue weighted by Gasteiger charge is 2.41. The number of hydrogen-bond acceptors (Lipinski definition) is 5. The molecule has 0 saturated carbocycles. The van der Waals surface area contributed by atoms with E-state index in [1.807, 2.05) is 6.07 Å². The summed E-state index contributed by atoms with van der Waals surface area (Å²) in [6.07, 6.45) is -0.959. The molecule has 1 fully saturated rings. The number of ether oxygens (including phenoxy) is 2. The first-order valence-corrected chi connectivity index (χ1v) is 7.19. The molecule has 1 heterocycles. The minimum atomic E-state index is -1.07.